The van der Waals surface area contributed by atoms with Crippen LogP contribution in [0.15, 0.2) is 53.3 Å². The van der Waals surface area contributed by atoms with Crippen molar-refractivity contribution in [3.05, 3.63) is 86.0 Å². The number of benzene rings is 2. The van der Waals surface area contributed by atoms with Crippen molar-refractivity contribution in [3.63, 3.8) is 0 Å². The molecule has 5 rings (SSSR count). The van der Waals surface area contributed by atoms with E-state index in [1.807, 2.05) is 31.2 Å². The van der Waals surface area contributed by atoms with Crippen molar-refractivity contribution in [1.29, 1.82) is 0 Å². The predicted molar refractivity (Wildman–Crippen MR) is 138 cm³/mol. The van der Waals surface area contributed by atoms with E-state index in [9.17, 15) is 14.9 Å². The Kier molecular flexibility index (Phi) is 6.93. The highest BCUT2D eigenvalue weighted by Crippen LogP contribution is 2.29. The number of aryl methyl sites for hydroxylation is 1. The van der Waals surface area contributed by atoms with Crippen molar-refractivity contribution in [1.82, 2.24) is 30.1 Å². The molecule has 0 saturated carbocycles. The van der Waals surface area contributed by atoms with Crippen LogP contribution in [0.3, 0.4) is 0 Å². The summed E-state index contributed by atoms with van der Waals surface area (Å²) in [5.41, 5.74) is 3.24. The van der Waals surface area contributed by atoms with Crippen molar-refractivity contribution in [2.45, 2.75) is 19.5 Å². The number of pyridine rings is 1. The van der Waals surface area contributed by atoms with Gasteiger partial charge >= 0.3 is 0 Å². The van der Waals surface area contributed by atoms with Crippen molar-refractivity contribution in [3.8, 4) is 0 Å². The zero-order valence-electron chi connectivity index (χ0n) is 20.7. The average molecular weight is 505 g/mol. The number of H-pyrrole nitrogens is 1. The number of piperazine rings is 1. The number of rotatable bonds is 8. The number of nitro benzene ring substituents is 1. The van der Waals surface area contributed by atoms with Crippen LogP contribution in [0.5, 0.6) is 0 Å². The zero-order valence-corrected chi connectivity index (χ0v) is 20.7. The van der Waals surface area contributed by atoms with Gasteiger partial charge in [0.15, 0.2) is 5.82 Å². The van der Waals surface area contributed by atoms with Crippen LogP contribution in [0.4, 0.5) is 11.4 Å². The van der Waals surface area contributed by atoms with Crippen LogP contribution < -0.4 is 10.5 Å². The predicted octanol–water partition coefficient (Wildman–Crippen LogP) is 2.29. The molecule has 4 aromatic rings. The monoisotopic (exact) mass is 504 g/mol. The maximum Gasteiger partial charge on any atom is 0.269 e. The van der Waals surface area contributed by atoms with Gasteiger partial charge in [-0.25, -0.2) is 4.68 Å². The highest BCUT2D eigenvalue weighted by atomic mass is 16.6. The molecule has 37 heavy (non-hydrogen) atoms. The molecule has 0 radical (unpaired) electrons. The SMILES string of the molecule is COCCn1nnnc1[C@@H](c1cc2ccc(C)cc2[nH]c1=O)N1CCN(c2ccc([N+](=O)[O-])cc2)CC1. The van der Waals surface area contributed by atoms with Crippen molar-refractivity contribution >= 4 is 22.3 Å². The molecule has 12 nitrogen and oxygen atoms in total. The summed E-state index contributed by atoms with van der Waals surface area (Å²) >= 11 is 0. The van der Waals surface area contributed by atoms with Gasteiger partial charge in [0.25, 0.3) is 11.2 Å². The second-order valence-electron chi connectivity index (χ2n) is 9.10. The number of aromatic nitrogens is 5. The van der Waals surface area contributed by atoms with Gasteiger partial charge in [0.05, 0.1) is 18.1 Å². The van der Waals surface area contributed by atoms with Crippen molar-refractivity contribution in [2.75, 3.05) is 44.8 Å². The number of methoxy groups -OCH3 is 1. The molecular formula is C25H28N8O4. The summed E-state index contributed by atoms with van der Waals surface area (Å²) in [5, 5.41) is 24.3. The molecule has 0 aliphatic carbocycles. The summed E-state index contributed by atoms with van der Waals surface area (Å²) in [7, 11) is 1.62. The lowest BCUT2D eigenvalue weighted by atomic mass is 10.0. The number of anilines is 1. The lowest BCUT2D eigenvalue weighted by Crippen LogP contribution is -2.49. The Balaban J connectivity index is 1.47. The van der Waals surface area contributed by atoms with E-state index in [-0.39, 0.29) is 11.2 Å². The molecule has 2 aromatic heterocycles. The van der Waals surface area contributed by atoms with Gasteiger partial charge in [-0.3, -0.25) is 19.8 Å². The third kappa shape index (κ3) is 5.06. The van der Waals surface area contributed by atoms with Gasteiger partial charge in [0, 0.05) is 62.2 Å². The first-order chi connectivity index (χ1) is 17.9. The highest BCUT2D eigenvalue weighted by molar-refractivity contribution is 5.79. The minimum Gasteiger partial charge on any atom is -0.383 e. The number of aromatic amines is 1. The summed E-state index contributed by atoms with van der Waals surface area (Å²) in [6, 6.07) is 14.0. The Labute approximate surface area is 212 Å². The van der Waals surface area contributed by atoms with Gasteiger partial charge in [-0.15, -0.1) is 5.10 Å². The molecule has 1 aliphatic heterocycles. The summed E-state index contributed by atoms with van der Waals surface area (Å²) in [5.74, 6) is 0.581. The van der Waals surface area contributed by atoms with Crippen molar-refractivity contribution in [2.24, 2.45) is 0 Å². The smallest absolute Gasteiger partial charge is 0.269 e. The van der Waals surface area contributed by atoms with Gasteiger partial charge in [-0.1, -0.05) is 12.1 Å². The maximum atomic E-state index is 13.4. The van der Waals surface area contributed by atoms with Crippen LogP contribution >= 0.6 is 0 Å². The van der Waals surface area contributed by atoms with Crippen LogP contribution in [0, 0.1) is 17.0 Å². The number of nitrogens with zero attached hydrogens (tertiary/aromatic N) is 7. The quantitative estimate of drug-likeness (QED) is 0.283. The van der Waals surface area contributed by atoms with Crippen molar-refractivity contribution < 1.29 is 9.66 Å². The Morgan fingerprint density at radius 3 is 2.57 bits per heavy atom. The fourth-order valence-corrected chi connectivity index (χ4v) is 4.80. The Bertz CT molecular complexity index is 1460. The third-order valence-electron chi connectivity index (χ3n) is 6.74. The van der Waals surface area contributed by atoms with E-state index >= 15 is 0 Å². The summed E-state index contributed by atoms with van der Waals surface area (Å²) in [4.78, 5) is 31.4. The average Bonchev–Trinajstić information content (AvgIpc) is 3.36. The van der Waals surface area contributed by atoms with E-state index in [1.165, 1.54) is 12.1 Å². The van der Waals surface area contributed by atoms with E-state index in [0.29, 0.717) is 50.7 Å². The molecule has 0 spiro atoms. The van der Waals surface area contributed by atoms with Crippen LogP contribution in [-0.2, 0) is 11.3 Å². The van der Waals surface area contributed by atoms with Crippen LogP contribution in [0.25, 0.3) is 10.9 Å². The number of non-ortho nitro benzene ring substituents is 1. The molecule has 0 unspecified atom stereocenters. The normalized spacial score (nSPS) is 15.2. The minimum absolute atomic E-state index is 0.0658. The highest BCUT2D eigenvalue weighted by Gasteiger charge is 2.32. The van der Waals surface area contributed by atoms with Gasteiger partial charge < -0.3 is 14.6 Å². The molecule has 12 heteroatoms. The number of fused-ring (bicyclic) bond motifs is 1. The first-order valence-electron chi connectivity index (χ1n) is 12.1. The first-order valence-corrected chi connectivity index (χ1v) is 12.1. The van der Waals surface area contributed by atoms with E-state index in [4.69, 9.17) is 4.74 Å². The van der Waals surface area contributed by atoms with E-state index < -0.39 is 11.0 Å². The first kappa shape index (κ1) is 24.5. The molecule has 1 aliphatic rings. The molecular weight excluding hydrogens is 476 g/mol. The fraction of sp³-hybridized carbons (Fsp3) is 0.360. The number of tetrazole rings is 1. The van der Waals surface area contributed by atoms with E-state index in [0.717, 1.165) is 22.2 Å². The molecule has 2 aromatic carbocycles. The molecule has 1 N–H and O–H groups in total. The molecule has 1 fully saturated rings. The van der Waals surface area contributed by atoms with Gasteiger partial charge in [-0.05, 0) is 52.6 Å². The Morgan fingerprint density at radius 1 is 1.11 bits per heavy atom. The number of nitro groups is 1. The van der Waals surface area contributed by atoms with E-state index in [1.54, 1.807) is 23.9 Å². The van der Waals surface area contributed by atoms with Gasteiger partial charge in [0.1, 0.15) is 6.04 Å². The topological polar surface area (TPSA) is 135 Å². The summed E-state index contributed by atoms with van der Waals surface area (Å²) in [6.45, 7) is 5.53. The second kappa shape index (κ2) is 10.4. The Hall–Kier alpha value is -4.16. The van der Waals surface area contributed by atoms with Gasteiger partial charge in [0.2, 0.25) is 0 Å². The third-order valence-corrected chi connectivity index (χ3v) is 6.74. The molecule has 3 heterocycles. The molecule has 1 atom stereocenters. The number of ether oxygens (including phenoxy) is 1. The minimum atomic E-state index is -0.458. The maximum absolute atomic E-state index is 13.4. The summed E-state index contributed by atoms with van der Waals surface area (Å²) in [6.07, 6.45) is 0. The molecule has 192 valence electrons. The summed E-state index contributed by atoms with van der Waals surface area (Å²) < 4.78 is 6.92. The molecule has 0 bridgehead atoms. The van der Waals surface area contributed by atoms with Crippen LogP contribution in [0.1, 0.15) is 23.0 Å². The molecule has 0 amide bonds. The zero-order chi connectivity index (χ0) is 25.9. The lowest BCUT2D eigenvalue weighted by molar-refractivity contribution is -0.384. The van der Waals surface area contributed by atoms with Gasteiger partial charge in [-0.2, -0.15) is 0 Å². The molecule has 1 saturated heterocycles. The van der Waals surface area contributed by atoms with Crippen LogP contribution in [-0.4, -0.2) is 74.9 Å². The standard InChI is InChI=1S/C25H28N8O4/c1-17-3-4-18-16-21(25(34)26-22(18)15-17)23(24-27-28-29-32(24)13-14-37-2)31-11-9-30(10-12-31)19-5-7-20(8-6-19)33(35)36/h3-8,15-16,23H,9-14H2,1-2H3,(H,26,34)/t23-/m1/s1. The lowest BCUT2D eigenvalue weighted by Gasteiger charge is -2.39. The largest absolute Gasteiger partial charge is 0.383 e. The van der Waals surface area contributed by atoms with Crippen LogP contribution in [0.2, 0.25) is 0 Å². The van der Waals surface area contributed by atoms with E-state index in [2.05, 4.69) is 30.3 Å². The Morgan fingerprint density at radius 2 is 1.86 bits per heavy atom. The number of hydrogen-bond acceptors (Lipinski definition) is 9. The second-order valence-corrected chi connectivity index (χ2v) is 9.10. The number of nitrogens with one attached hydrogen (secondary N) is 1. The fourth-order valence-electron chi connectivity index (χ4n) is 4.80. The number of hydrogen-bond donors (Lipinski definition) is 1.